The molecule has 160 valence electrons. The fourth-order valence-electron chi connectivity index (χ4n) is 4.18. The Kier molecular flexibility index (Phi) is 4.47. The summed E-state index contributed by atoms with van der Waals surface area (Å²) in [5, 5.41) is 3.18. The van der Waals surface area contributed by atoms with Crippen molar-refractivity contribution in [1.82, 2.24) is 9.97 Å². The van der Waals surface area contributed by atoms with Crippen LogP contribution in [0.2, 0.25) is 0 Å². The van der Waals surface area contributed by atoms with Gasteiger partial charge in [0.25, 0.3) is 0 Å². The number of aromatic amines is 1. The van der Waals surface area contributed by atoms with Crippen LogP contribution in [0.1, 0.15) is 0 Å². The smallest absolute Gasteiger partial charge is 0.226 e. The second-order valence-electron chi connectivity index (χ2n) is 7.93. The number of hydrogen-bond donors (Lipinski definition) is 1. The van der Waals surface area contributed by atoms with Crippen molar-refractivity contribution < 1.29 is 13.5 Å². The summed E-state index contributed by atoms with van der Waals surface area (Å²) in [4.78, 5) is 7.66. The van der Waals surface area contributed by atoms with Crippen molar-refractivity contribution in [2.45, 2.75) is 0 Å². The summed E-state index contributed by atoms with van der Waals surface area (Å²) in [6.07, 6.45) is 3.66. The molecule has 0 unspecified atom stereocenters. The number of nitrogens with zero attached hydrogens (tertiary/aromatic N) is 1. The summed E-state index contributed by atoms with van der Waals surface area (Å²) in [7, 11) is 1.64. The number of rotatable bonds is 4. The van der Waals surface area contributed by atoms with Gasteiger partial charge in [-0.2, -0.15) is 0 Å². The summed E-state index contributed by atoms with van der Waals surface area (Å²) >= 11 is 0. The van der Waals surface area contributed by atoms with E-state index in [-0.39, 0.29) is 5.82 Å². The first-order chi connectivity index (χ1) is 16.2. The number of methoxy groups -OCH3 is 1. The lowest BCUT2D eigenvalue weighted by atomic mass is 9.99. The SMILES string of the molecule is COc1ccc(-c2cnc(-c3ccc4ccc(-c5c[nH]c6cc(F)ccc56)cc4c3)o2)cc1. The number of oxazole rings is 1. The number of H-pyrrole nitrogens is 1. The predicted molar refractivity (Wildman–Crippen MR) is 129 cm³/mol. The van der Waals surface area contributed by atoms with Crippen molar-refractivity contribution in [3.8, 4) is 39.7 Å². The first-order valence-electron chi connectivity index (χ1n) is 10.6. The molecule has 0 radical (unpaired) electrons. The number of fused-ring (bicyclic) bond motifs is 2. The molecule has 0 aliphatic heterocycles. The van der Waals surface area contributed by atoms with Crippen molar-refractivity contribution >= 4 is 21.7 Å². The molecule has 2 heterocycles. The molecule has 0 aliphatic rings. The van der Waals surface area contributed by atoms with Gasteiger partial charge in [0, 0.05) is 33.8 Å². The van der Waals surface area contributed by atoms with Crippen LogP contribution in [0.15, 0.2) is 95.7 Å². The Morgan fingerprint density at radius 1 is 0.818 bits per heavy atom. The monoisotopic (exact) mass is 434 g/mol. The fourth-order valence-corrected chi connectivity index (χ4v) is 4.18. The van der Waals surface area contributed by atoms with Crippen molar-refractivity contribution in [1.29, 1.82) is 0 Å². The molecule has 4 aromatic carbocycles. The molecular weight excluding hydrogens is 415 g/mol. The molecule has 6 rings (SSSR count). The van der Waals surface area contributed by atoms with Gasteiger partial charge in [0.15, 0.2) is 5.76 Å². The minimum atomic E-state index is -0.251. The van der Waals surface area contributed by atoms with Gasteiger partial charge in [-0.1, -0.05) is 18.2 Å². The highest BCUT2D eigenvalue weighted by atomic mass is 19.1. The Morgan fingerprint density at radius 3 is 2.39 bits per heavy atom. The average molecular weight is 434 g/mol. The van der Waals surface area contributed by atoms with Crippen LogP contribution in [-0.4, -0.2) is 17.1 Å². The van der Waals surface area contributed by atoms with Gasteiger partial charge in [-0.05, 0) is 77.0 Å². The number of benzene rings is 4. The molecular formula is C28H19FN2O2. The Bertz CT molecular complexity index is 1610. The van der Waals surface area contributed by atoms with E-state index in [1.807, 2.05) is 42.6 Å². The first-order valence-corrected chi connectivity index (χ1v) is 10.6. The van der Waals surface area contributed by atoms with Crippen LogP contribution < -0.4 is 4.74 Å². The van der Waals surface area contributed by atoms with Crippen LogP contribution in [0.4, 0.5) is 4.39 Å². The Labute approximate surface area is 189 Å². The molecule has 33 heavy (non-hydrogen) atoms. The van der Waals surface area contributed by atoms with E-state index in [4.69, 9.17) is 9.15 Å². The van der Waals surface area contributed by atoms with Gasteiger partial charge in [-0.15, -0.1) is 0 Å². The highest BCUT2D eigenvalue weighted by Crippen LogP contribution is 2.33. The molecule has 0 saturated heterocycles. The predicted octanol–water partition coefficient (Wildman–Crippen LogP) is 7.46. The molecule has 0 atom stereocenters. The third-order valence-corrected chi connectivity index (χ3v) is 5.92. The van der Waals surface area contributed by atoms with Gasteiger partial charge >= 0.3 is 0 Å². The zero-order valence-electron chi connectivity index (χ0n) is 17.8. The normalized spacial score (nSPS) is 11.3. The molecule has 0 aliphatic carbocycles. The van der Waals surface area contributed by atoms with Crippen molar-refractivity contribution in [2.24, 2.45) is 0 Å². The summed E-state index contributed by atoms with van der Waals surface area (Å²) in [5.74, 6) is 1.81. The van der Waals surface area contributed by atoms with Gasteiger partial charge in [-0.3, -0.25) is 0 Å². The number of nitrogens with one attached hydrogen (secondary N) is 1. The zero-order chi connectivity index (χ0) is 22.4. The van der Waals surface area contributed by atoms with Gasteiger partial charge in [0.2, 0.25) is 5.89 Å². The highest BCUT2D eigenvalue weighted by Gasteiger charge is 2.11. The Balaban J connectivity index is 1.38. The number of aromatic nitrogens is 2. The molecule has 5 heteroatoms. The number of hydrogen-bond acceptors (Lipinski definition) is 3. The van der Waals surface area contributed by atoms with E-state index in [1.165, 1.54) is 12.1 Å². The minimum Gasteiger partial charge on any atom is -0.497 e. The van der Waals surface area contributed by atoms with Crippen LogP contribution in [0.5, 0.6) is 5.75 Å². The third kappa shape index (κ3) is 3.44. The third-order valence-electron chi connectivity index (χ3n) is 5.92. The van der Waals surface area contributed by atoms with E-state index in [9.17, 15) is 4.39 Å². The average Bonchev–Trinajstić information content (AvgIpc) is 3.51. The lowest BCUT2D eigenvalue weighted by Crippen LogP contribution is -1.82. The van der Waals surface area contributed by atoms with Gasteiger partial charge in [0.05, 0.1) is 13.3 Å². The second kappa shape index (κ2) is 7.64. The Morgan fingerprint density at radius 2 is 1.58 bits per heavy atom. The lowest BCUT2D eigenvalue weighted by Gasteiger charge is -2.05. The molecule has 0 amide bonds. The molecule has 0 saturated carbocycles. The number of halogens is 1. The minimum absolute atomic E-state index is 0.251. The topological polar surface area (TPSA) is 51.0 Å². The maximum Gasteiger partial charge on any atom is 0.226 e. The fraction of sp³-hybridized carbons (Fsp3) is 0.0357. The highest BCUT2D eigenvalue weighted by molar-refractivity contribution is 5.98. The Hall–Kier alpha value is -4.38. The lowest BCUT2D eigenvalue weighted by molar-refractivity contribution is 0.415. The summed E-state index contributed by atoms with van der Waals surface area (Å²) in [5.41, 5.74) is 4.72. The molecule has 0 spiro atoms. The van der Waals surface area contributed by atoms with Crippen molar-refractivity contribution in [3.63, 3.8) is 0 Å². The molecule has 1 N–H and O–H groups in total. The van der Waals surface area contributed by atoms with Gasteiger partial charge < -0.3 is 14.1 Å². The molecule has 6 aromatic rings. The van der Waals surface area contributed by atoms with E-state index in [0.29, 0.717) is 11.7 Å². The molecule has 4 nitrogen and oxygen atoms in total. The quantitative estimate of drug-likeness (QED) is 0.313. The van der Waals surface area contributed by atoms with Crippen LogP contribution in [-0.2, 0) is 0 Å². The molecule has 0 bridgehead atoms. The summed E-state index contributed by atoms with van der Waals surface area (Å²) in [6.45, 7) is 0. The van der Waals surface area contributed by atoms with E-state index in [0.717, 1.165) is 49.7 Å². The summed E-state index contributed by atoms with van der Waals surface area (Å²) in [6, 6.07) is 25.0. The standard InChI is InChI=1S/C28H19FN2O2/c1-32-23-9-6-18(7-10-23)27-16-31-28(33-27)20-5-3-17-2-4-19(12-21(17)13-20)25-15-30-26-14-22(29)8-11-24(25)26/h2-16,30H,1H3. The van der Waals surface area contributed by atoms with Crippen LogP contribution in [0.3, 0.4) is 0 Å². The van der Waals surface area contributed by atoms with Crippen LogP contribution in [0, 0.1) is 5.82 Å². The van der Waals surface area contributed by atoms with E-state index in [2.05, 4.69) is 40.3 Å². The van der Waals surface area contributed by atoms with Gasteiger partial charge in [-0.25, -0.2) is 9.37 Å². The number of ether oxygens (including phenoxy) is 1. The molecule has 2 aromatic heterocycles. The van der Waals surface area contributed by atoms with E-state index < -0.39 is 0 Å². The summed E-state index contributed by atoms with van der Waals surface area (Å²) < 4.78 is 24.8. The maximum absolute atomic E-state index is 13.6. The van der Waals surface area contributed by atoms with E-state index >= 15 is 0 Å². The largest absolute Gasteiger partial charge is 0.497 e. The van der Waals surface area contributed by atoms with Crippen molar-refractivity contribution in [3.05, 3.63) is 97.1 Å². The first kappa shape index (κ1) is 19.3. The zero-order valence-corrected chi connectivity index (χ0v) is 17.8. The molecule has 0 fully saturated rings. The van der Waals surface area contributed by atoms with Crippen LogP contribution >= 0.6 is 0 Å². The van der Waals surface area contributed by atoms with Gasteiger partial charge in [0.1, 0.15) is 11.6 Å². The van der Waals surface area contributed by atoms with Crippen LogP contribution in [0.25, 0.3) is 55.6 Å². The second-order valence-corrected chi connectivity index (χ2v) is 7.93. The van der Waals surface area contributed by atoms with Crippen molar-refractivity contribution in [2.75, 3.05) is 7.11 Å². The van der Waals surface area contributed by atoms with E-state index in [1.54, 1.807) is 13.3 Å². The maximum atomic E-state index is 13.6.